The summed E-state index contributed by atoms with van der Waals surface area (Å²) in [5, 5.41) is 0. The van der Waals surface area contributed by atoms with Crippen molar-refractivity contribution in [3.05, 3.63) is 63.6 Å². The standard InChI is InChI=1S/C16H19BrN2S/c1-11-7-8-13(9-12(11)2)15(19-18)10-20-16-6-4-3-5-14(16)17/h3-9,15,19H,10,18H2,1-2H3. The number of hydrazine groups is 1. The van der Waals surface area contributed by atoms with E-state index in [1.807, 2.05) is 12.1 Å². The Balaban J connectivity index is 2.09. The van der Waals surface area contributed by atoms with Crippen LogP contribution in [0.1, 0.15) is 22.7 Å². The van der Waals surface area contributed by atoms with E-state index in [1.54, 1.807) is 11.8 Å². The summed E-state index contributed by atoms with van der Waals surface area (Å²) in [5.74, 6) is 6.61. The van der Waals surface area contributed by atoms with Crippen LogP contribution in [0.25, 0.3) is 0 Å². The zero-order chi connectivity index (χ0) is 14.5. The van der Waals surface area contributed by atoms with E-state index in [2.05, 4.69) is 65.5 Å². The zero-order valence-electron chi connectivity index (χ0n) is 11.7. The number of hydrogen-bond donors (Lipinski definition) is 2. The van der Waals surface area contributed by atoms with Crippen molar-refractivity contribution in [2.45, 2.75) is 24.8 Å². The van der Waals surface area contributed by atoms with Gasteiger partial charge in [-0.3, -0.25) is 11.3 Å². The van der Waals surface area contributed by atoms with E-state index in [0.717, 1.165) is 10.2 Å². The molecule has 0 amide bonds. The predicted molar refractivity (Wildman–Crippen MR) is 90.8 cm³/mol. The van der Waals surface area contributed by atoms with E-state index in [0.29, 0.717) is 0 Å². The van der Waals surface area contributed by atoms with Crippen LogP contribution in [-0.2, 0) is 0 Å². The van der Waals surface area contributed by atoms with Crippen LogP contribution in [0.5, 0.6) is 0 Å². The molecule has 0 aliphatic rings. The molecule has 2 aromatic carbocycles. The van der Waals surface area contributed by atoms with Gasteiger partial charge in [-0.2, -0.15) is 0 Å². The number of halogens is 1. The highest BCUT2D eigenvalue weighted by Crippen LogP contribution is 2.30. The van der Waals surface area contributed by atoms with Gasteiger partial charge in [-0.1, -0.05) is 30.3 Å². The molecule has 1 unspecified atom stereocenters. The van der Waals surface area contributed by atoms with E-state index < -0.39 is 0 Å². The minimum atomic E-state index is 0.145. The van der Waals surface area contributed by atoms with Gasteiger partial charge in [-0.25, -0.2) is 0 Å². The fourth-order valence-electron chi connectivity index (χ4n) is 1.96. The van der Waals surface area contributed by atoms with Crippen molar-refractivity contribution in [3.8, 4) is 0 Å². The molecule has 0 heterocycles. The van der Waals surface area contributed by atoms with Crippen molar-refractivity contribution in [2.24, 2.45) is 5.84 Å². The van der Waals surface area contributed by atoms with Crippen molar-refractivity contribution in [1.82, 2.24) is 5.43 Å². The molecule has 0 bridgehead atoms. The van der Waals surface area contributed by atoms with E-state index in [-0.39, 0.29) is 6.04 Å². The lowest BCUT2D eigenvalue weighted by Crippen LogP contribution is -2.29. The smallest absolute Gasteiger partial charge is 0.0554 e. The summed E-state index contributed by atoms with van der Waals surface area (Å²) in [4.78, 5) is 1.23. The Kier molecular flexibility index (Phi) is 5.66. The Bertz CT molecular complexity index is 586. The molecule has 2 nitrogen and oxygen atoms in total. The summed E-state index contributed by atoms with van der Waals surface area (Å²) in [7, 11) is 0. The first kappa shape index (κ1) is 15.6. The molecule has 0 aliphatic carbocycles. The number of aryl methyl sites for hydroxylation is 2. The Morgan fingerprint density at radius 1 is 1.15 bits per heavy atom. The van der Waals surface area contributed by atoms with E-state index in [1.165, 1.54) is 21.6 Å². The van der Waals surface area contributed by atoms with Crippen molar-refractivity contribution < 1.29 is 0 Å². The highest BCUT2D eigenvalue weighted by Gasteiger charge is 2.11. The molecule has 20 heavy (non-hydrogen) atoms. The fourth-order valence-corrected chi connectivity index (χ4v) is 3.60. The minimum Gasteiger partial charge on any atom is -0.271 e. The minimum absolute atomic E-state index is 0.145. The average Bonchev–Trinajstić information content (AvgIpc) is 2.45. The molecule has 1 atom stereocenters. The van der Waals surface area contributed by atoms with Crippen LogP contribution in [0.2, 0.25) is 0 Å². The maximum Gasteiger partial charge on any atom is 0.0554 e. The van der Waals surface area contributed by atoms with Gasteiger partial charge < -0.3 is 0 Å². The first-order valence-electron chi connectivity index (χ1n) is 6.52. The first-order valence-corrected chi connectivity index (χ1v) is 8.30. The second-order valence-corrected chi connectivity index (χ2v) is 6.72. The van der Waals surface area contributed by atoms with Crippen LogP contribution in [0.15, 0.2) is 51.8 Å². The maximum absolute atomic E-state index is 5.72. The topological polar surface area (TPSA) is 38.0 Å². The van der Waals surface area contributed by atoms with E-state index in [4.69, 9.17) is 5.84 Å². The quantitative estimate of drug-likeness (QED) is 0.477. The predicted octanol–water partition coefficient (Wildman–Crippen LogP) is 4.36. The van der Waals surface area contributed by atoms with Crippen LogP contribution in [-0.4, -0.2) is 5.75 Å². The number of nitrogens with one attached hydrogen (secondary N) is 1. The largest absolute Gasteiger partial charge is 0.271 e. The van der Waals surface area contributed by atoms with Crippen LogP contribution in [0, 0.1) is 13.8 Å². The van der Waals surface area contributed by atoms with Gasteiger partial charge >= 0.3 is 0 Å². The van der Waals surface area contributed by atoms with Gasteiger partial charge in [0.05, 0.1) is 6.04 Å². The normalized spacial score (nSPS) is 12.4. The molecular formula is C16H19BrN2S. The summed E-state index contributed by atoms with van der Waals surface area (Å²) in [6.07, 6.45) is 0. The molecule has 0 radical (unpaired) electrons. The lowest BCUT2D eigenvalue weighted by atomic mass is 10.0. The molecule has 0 fully saturated rings. The van der Waals surface area contributed by atoms with Gasteiger partial charge in [0.25, 0.3) is 0 Å². The fraction of sp³-hybridized carbons (Fsp3) is 0.250. The molecule has 2 rings (SSSR count). The van der Waals surface area contributed by atoms with Gasteiger partial charge in [-0.15, -0.1) is 11.8 Å². The summed E-state index contributed by atoms with van der Waals surface area (Å²) in [5.41, 5.74) is 6.76. The van der Waals surface area contributed by atoms with Gasteiger partial charge in [0.2, 0.25) is 0 Å². The van der Waals surface area contributed by atoms with Crippen molar-refractivity contribution in [3.63, 3.8) is 0 Å². The third kappa shape index (κ3) is 3.85. The van der Waals surface area contributed by atoms with E-state index >= 15 is 0 Å². The number of hydrogen-bond acceptors (Lipinski definition) is 3. The monoisotopic (exact) mass is 350 g/mol. The lowest BCUT2D eigenvalue weighted by Gasteiger charge is -2.17. The molecule has 106 valence electrons. The Morgan fingerprint density at radius 2 is 1.90 bits per heavy atom. The lowest BCUT2D eigenvalue weighted by molar-refractivity contribution is 0.610. The first-order chi connectivity index (χ1) is 9.61. The highest BCUT2D eigenvalue weighted by molar-refractivity contribution is 9.10. The molecule has 0 saturated heterocycles. The van der Waals surface area contributed by atoms with Crippen molar-refractivity contribution in [1.29, 1.82) is 0 Å². The van der Waals surface area contributed by atoms with Crippen LogP contribution in [0.4, 0.5) is 0 Å². The molecule has 3 N–H and O–H groups in total. The van der Waals surface area contributed by atoms with Gasteiger partial charge in [-0.05, 0) is 58.6 Å². The molecular weight excluding hydrogens is 332 g/mol. The molecule has 2 aromatic rings. The van der Waals surface area contributed by atoms with Gasteiger partial charge in [0.15, 0.2) is 0 Å². The number of rotatable bonds is 5. The third-order valence-corrected chi connectivity index (χ3v) is 5.50. The Hall–Kier alpha value is -0.810. The molecule has 0 spiro atoms. The third-order valence-electron chi connectivity index (χ3n) is 3.38. The Labute approximate surface area is 133 Å². The molecule has 0 aromatic heterocycles. The molecule has 0 saturated carbocycles. The molecule has 4 heteroatoms. The van der Waals surface area contributed by atoms with Crippen LogP contribution in [0.3, 0.4) is 0 Å². The van der Waals surface area contributed by atoms with Crippen LogP contribution >= 0.6 is 27.7 Å². The van der Waals surface area contributed by atoms with Crippen molar-refractivity contribution in [2.75, 3.05) is 5.75 Å². The highest BCUT2D eigenvalue weighted by atomic mass is 79.9. The number of benzene rings is 2. The summed E-state index contributed by atoms with van der Waals surface area (Å²) in [6.45, 7) is 4.26. The summed E-state index contributed by atoms with van der Waals surface area (Å²) in [6, 6.07) is 14.9. The summed E-state index contributed by atoms with van der Waals surface area (Å²) >= 11 is 5.37. The maximum atomic E-state index is 5.72. The average molecular weight is 351 g/mol. The number of thioether (sulfide) groups is 1. The molecule has 0 aliphatic heterocycles. The van der Waals surface area contributed by atoms with E-state index in [9.17, 15) is 0 Å². The van der Waals surface area contributed by atoms with Crippen LogP contribution < -0.4 is 11.3 Å². The zero-order valence-corrected chi connectivity index (χ0v) is 14.1. The Morgan fingerprint density at radius 3 is 2.55 bits per heavy atom. The van der Waals surface area contributed by atoms with Gasteiger partial charge in [0, 0.05) is 15.1 Å². The van der Waals surface area contributed by atoms with Crippen molar-refractivity contribution >= 4 is 27.7 Å². The van der Waals surface area contributed by atoms with Gasteiger partial charge in [0.1, 0.15) is 0 Å². The SMILES string of the molecule is Cc1ccc(C(CSc2ccccc2Br)NN)cc1C. The summed E-state index contributed by atoms with van der Waals surface area (Å²) < 4.78 is 1.13. The second-order valence-electron chi connectivity index (χ2n) is 4.80. The number of nitrogens with two attached hydrogens (primary N) is 1. The second kappa shape index (κ2) is 7.27.